The van der Waals surface area contributed by atoms with Crippen molar-refractivity contribution in [3.63, 3.8) is 0 Å². The zero-order chi connectivity index (χ0) is 10.5. The smallest absolute Gasteiger partial charge is 0.00173 e. The van der Waals surface area contributed by atoms with Crippen LogP contribution in [0.4, 0.5) is 0 Å². The molecule has 1 fully saturated rings. The van der Waals surface area contributed by atoms with Crippen LogP contribution in [0.3, 0.4) is 0 Å². The third kappa shape index (κ3) is 3.07. The Kier molecular flexibility index (Phi) is 3.79. The summed E-state index contributed by atoms with van der Waals surface area (Å²) in [6, 6.07) is 9.14. The van der Waals surface area contributed by atoms with Crippen LogP contribution in [-0.4, -0.2) is 13.1 Å². The van der Waals surface area contributed by atoms with Gasteiger partial charge in [-0.1, -0.05) is 31.2 Å². The van der Waals surface area contributed by atoms with Crippen molar-refractivity contribution >= 4 is 0 Å². The lowest BCUT2D eigenvalue weighted by molar-refractivity contribution is 0.376. The van der Waals surface area contributed by atoms with Crippen molar-refractivity contribution in [1.29, 1.82) is 0 Å². The summed E-state index contributed by atoms with van der Waals surface area (Å²) in [5.41, 5.74) is 2.95. The molecule has 0 bridgehead atoms. The van der Waals surface area contributed by atoms with E-state index in [-0.39, 0.29) is 0 Å². The Hall–Kier alpha value is -0.820. The number of aryl methyl sites for hydroxylation is 1. The van der Waals surface area contributed by atoms with Crippen molar-refractivity contribution in [2.24, 2.45) is 5.92 Å². The summed E-state index contributed by atoms with van der Waals surface area (Å²) in [6.07, 6.45) is 5.13. The van der Waals surface area contributed by atoms with Gasteiger partial charge in [-0.15, -0.1) is 0 Å². The van der Waals surface area contributed by atoms with Crippen LogP contribution in [0.2, 0.25) is 0 Å². The van der Waals surface area contributed by atoms with Crippen molar-refractivity contribution in [2.45, 2.75) is 32.6 Å². The van der Waals surface area contributed by atoms with Gasteiger partial charge < -0.3 is 5.32 Å². The second-order valence-electron chi connectivity index (χ2n) is 4.59. The van der Waals surface area contributed by atoms with Crippen LogP contribution >= 0.6 is 0 Å². The minimum atomic E-state index is 0.853. The van der Waals surface area contributed by atoms with Crippen molar-refractivity contribution < 1.29 is 0 Å². The zero-order valence-corrected chi connectivity index (χ0v) is 9.63. The number of rotatable bonds is 3. The third-order valence-electron chi connectivity index (χ3n) is 3.35. The maximum Gasteiger partial charge on any atom is -0.00173 e. The normalized spacial score (nSPS) is 21.5. The maximum absolute atomic E-state index is 3.48. The van der Waals surface area contributed by atoms with Crippen molar-refractivity contribution in [2.75, 3.05) is 13.1 Å². The van der Waals surface area contributed by atoms with E-state index in [0.29, 0.717) is 0 Å². The van der Waals surface area contributed by atoms with E-state index in [1.54, 1.807) is 0 Å². The van der Waals surface area contributed by atoms with Gasteiger partial charge in [0.2, 0.25) is 0 Å². The minimum Gasteiger partial charge on any atom is -0.316 e. The Bertz CT molecular complexity index is 283. The molecule has 0 radical (unpaired) electrons. The second kappa shape index (κ2) is 5.32. The first-order valence-corrected chi connectivity index (χ1v) is 6.17. The van der Waals surface area contributed by atoms with E-state index in [4.69, 9.17) is 0 Å². The van der Waals surface area contributed by atoms with Gasteiger partial charge in [0, 0.05) is 0 Å². The largest absolute Gasteiger partial charge is 0.316 e. The lowest BCUT2D eigenvalue weighted by Gasteiger charge is -2.22. The standard InChI is InChI=1S/C14H21N/c1-2-12-5-7-13(8-6-12)10-14-4-3-9-15-11-14/h5-8,14-15H,2-4,9-11H2,1H3. The number of piperidine rings is 1. The van der Waals surface area contributed by atoms with Gasteiger partial charge in [0.1, 0.15) is 0 Å². The van der Waals surface area contributed by atoms with Gasteiger partial charge in [-0.05, 0) is 55.8 Å². The molecular weight excluding hydrogens is 182 g/mol. The number of hydrogen-bond acceptors (Lipinski definition) is 1. The SMILES string of the molecule is CCc1ccc(CC2CCCNC2)cc1. The first-order chi connectivity index (χ1) is 7.38. The maximum atomic E-state index is 3.48. The molecule has 82 valence electrons. The van der Waals surface area contributed by atoms with Gasteiger partial charge in [-0.3, -0.25) is 0 Å². The molecule has 1 aromatic carbocycles. The van der Waals surface area contributed by atoms with E-state index < -0.39 is 0 Å². The Morgan fingerprint density at radius 1 is 1.20 bits per heavy atom. The molecule has 15 heavy (non-hydrogen) atoms. The molecule has 1 aliphatic rings. The van der Waals surface area contributed by atoms with Crippen LogP contribution in [0.1, 0.15) is 30.9 Å². The van der Waals surface area contributed by atoms with Crippen LogP contribution in [0.25, 0.3) is 0 Å². The molecular formula is C14H21N. The molecule has 0 amide bonds. The van der Waals surface area contributed by atoms with Crippen molar-refractivity contribution in [3.8, 4) is 0 Å². The van der Waals surface area contributed by atoms with Crippen LogP contribution in [0, 0.1) is 5.92 Å². The van der Waals surface area contributed by atoms with Gasteiger partial charge in [0.25, 0.3) is 0 Å². The fourth-order valence-corrected chi connectivity index (χ4v) is 2.34. The first kappa shape index (κ1) is 10.7. The fraction of sp³-hybridized carbons (Fsp3) is 0.571. The summed E-state index contributed by atoms with van der Waals surface area (Å²) in [6.45, 7) is 4.63. The predicted molar refractivity (Wildman–Crippen MR) is 65.1 cm³/mol. The summed E-state index contributed by atoms with van der Waals surface area (Å²) in [7, 11) is 0. The Morgan fingerprint density at radius 2 is 1.93 bits per heavy atom. The highest BCUT2D eigenvalue weighted by Crippen LogP contribution is 2.16. The van der Waals surface area contributed by atoms with Crippen LogP contribution in [0.5, 0.6) is 0 Å². The summed E-state index contributed by atoms with van der Waals surface area (Å²) < 4.78 is 0. The third-order valence-corrected chi connectivity index (χ3v) is 3.35. The van der Waals surface area contributed by atoms with Gasteiger partial charge in [-0.25, -0.2) is 0 Å². The van der Waals surface area contributed by atoms with E-state index in [1.807, 2.05) is 0 Å². The molecule has 1 saturated heterocycles. The summed E-state index contributed by atoms with van der Waals surface area (Å²) in [4.78, 5) is 0. The number of benzene rings is 1. The molecule has 1 nitrogen and oxygen atoms in total. The molecule has 0 aromatic heterocycles. The zero-order valence-electron chi connectivity index (χ0n) is 9.63. The molecule has 1 N–H and O–H groups in total. The van der Waals surface area contributed by atoms with E-state index in [0.717, 1.165) is 12.3 Å². The van der Waals surface area contributed by atoms with Crippen molar-refractivity contribution in [1.82, 2.24) is 5.32 Å². The Balaban J connectivity index is 1.91. The highest BCUT2D eigenvalue weighted by molar-refractivity contribution is 5.22. The molecule has 1 aromatic rings. The number of hydrogen-bond donors (Lipinski definition) is 1. The van der Waals surface area contributed by atoms with Crippen molar-refractivity contribution in [3.05, 3.63) is 35.4 Å². The highest BCUT2D eigenvalue weighted by Gasteiger charge is 2.12. The van der Waals surface area contributed by atoms with Gasteiger partial charge in [0.05, 0.1) is 0 Å². The molecule has 1 atom stereocenters. The predicted octanol–water partition coefficient (Wildman–Crippen LogP) is 2.79. The Labute approximate surface area is 92.9 Å². The molecule has 0 spiro atoms. The van der Waals surface area contributed by atoms with Gasteiger partial charge >= 0.3 is 0 Å². The monoisotopic (exact) mass is 203 g/mol. The molecule has 1 aliphatic heterocycles. The fourth-order valence-electron chi connectivity index (χ4n) is 2.34. The molecule has 0 aliphatic carbocycles. The summed E-state index contributed by atoms with van der Waals surface area (Å²) >= 11 is 0. The minimum absolute atomic E-state index is 0.853. The van der Waals surface area contributed by atoms with E-state index >= 15 is 0 Å². The van der Waals surface area contributed by atoms with Crippen LogP contribution < -0.4 is 5.32 Å². The van der Waals surface area contributed by atoms with Crippen LogP contribution in [0.15, 0.2) is 24.3 Å². The van der Waals surface area contributed by atoms with E-state index in [2.05, 4.69) is 36.5 Å². The molecule has 1 heterocycles. The topological polar surface area (TPSA) is 12.0 Å². The Morgan fingerprint density at radius 3 is 2.53 bits per heavy atom. The average molecular weight is 203 g/mol. The quantitative estimate of drug-likeness (QED) is 0.796. The summed E-state index contributed by atoms with van der Waals surface area (Å²) in [5, 5.41) is 3.48. The van der Waals surface area contributed by atoms with E-state index in [9.17, 15) is 0 Å². The van der Waals surface area contributed by atoms with E-state index in [1.165, 1.54) is 43.5 Å². The number of nitrogens with one attached hydrogen (secondary N) is 1. The average Bonchev–Trinajstić information content (AvgIpc) is 2.31. The molecule has 0 saturated carbocycles. The van der Waals surface area contributed by atoms with Gasteiger partial charge in [0.15, 0.2) is 0 Å². The lowest BCUT2D eigenvalue weighted by atomic mass is 9.92. The molecule has 1 unspecified atom stereocenters. The van der Waals surface area contributed by atoms with Gasteiger partial charge in [-0.2, -0.15) is 0 Å². The van der Waals surface area contributed by atoms with Crippen LogP contribution in [-0.2, 0) is 12.8 Å². The molecule has 1 heteroatoms. The highest BCUT2D eigenvalue weighted by atomic mass is 14.9. The lowest BCUT2D eigenvalue weighted by Crippen LogP contribution is -2.30. The first-order valence-electron chi connectivity index (χ1n) is 6.17. The second-order valence-corrected chi connectivity index (χ2v) is 4.59. The summed E-state index contributed by atoms with van der Waals surface area (Å²) in [5.74, 6) is 0.853. The molecule has 2 rings (SSSR count).